The summed E-state index contributed by atoms with van der Waals surface area (Å²) >= 11 is 0. The molecule has 4 aromatic heterocycles. The maximum absolute atomic E-state index is 4.79. The molecule has 0 fully saturated rings. The van der Waals surface area contributed by atoms with Crippen LogP contribution in [0.1, 0.15) is 39.1 Å². The van der Waals surface area contributed by atoms with Crippen LogP contribution >= 0.6 is 0 Å². The summed E-state index contributed by atoms with van der Waals surface area (Å²) in [6.07, 6.45) is 10.9. The molecule has 0 aromatic carbocycles. The van der Waals surface area contributed by atoms with Crippen LogP contribution in [0, 0.1) is 0 Å². The fourth-order valence-corrected chi connectivity index (χ4v) is 3.21. The van der Waals surface area contributed by atoms with E-state index in [-0.39, 0.29) is 31.9 Å². The van der Waals surface area contributed by atoms with E-state index in [1.54, 1.807) is 12.4 Å². The van der Waals surface area contributed by atoms with E-state index < -0.39 is 0 Å². The Morgan fingerprint density at radius 2 is 1.07 bits per heavy atom. The zero-order chi connectivity index (χ0) is 20.1. The summed E-state index contributed by atoms with van der Waals surface area (Å²) in [5.41, 5.74) is 1.14. The molecule has 0 aliphatic heterocycles. The van der Waals surface area contributed by atoms with Gasteiger partial charge in [0.2, 0.25) is 0 Å². The minimum absolute atomic E-state index is 0. The summed E-state index contributed by atoms with van der Waals surface area (Å²) in [4.78, 5) is 27.3. The number of hydrogen-bond acceptors (Lipinski definition) is 4. The van der Waals surface area contributed by atoms with Crippen molar-refractivity contribution >= 4 is 0 Å². The smallest absolute Gasteiger partial charge is 0.440 e. The average molecular weight is 572 g/mol. The number of imidazole rings is 4. The molecule has 9 heteroatoms. The summed E-state index contributed by atoms with van der Waals surface area (Å²) < 4.78 is 3.83. The van der Waals surface area contributed by atoms with Crippen molar-refractivity contribution in [3.63, 3.8) is 0 Å². The molecule has 8 nitrogen and oxygen atoms in total. The third kappa shape index (κ3) is 3.39. The van der Waals surface area contributed by atoms with E-state index in [1.165, 1.54) is 0 Å². The third-order valence-corrected chi connectivity index (χ3v) is 5.96. The molecule has 0 radical (unpaired) electrons. The third-order valence-electron chi connectivity index (χ3n) is 5.96. The van der Waals surface area contributed by atoms with Crippen LogP contribution in [0.25, 0.3) is 23.3 Å². The van der Waals surface area contributed by atoms with E-state index in [2.05, 4.69) is 47.6 Å². The summed E-state index contributed by atoms with van der Waals surface area (Å²) in [6.45, 7) is 8.64. The van der Waals surface area contributed by atoms with Crippen molar-refractivity contribution < 1.29 is 21.1 Å². The van der Waals surface area contributed by atoms with E-state index in [4.69, 9.17) is 9.97 Å². The zero-order valence-corrected chi connectivity index (χ0v) is 19.6. The minimum atomic E-state index is -0.328. The average Bonchev–Trinajstić information content (AvgIpc) is 3.41. The number of aryl methyl sites for hydroxylation is 2. The van der Waals surface area contributed by atoms with Crippen LogP contribution in [0.15, 0.2) is 37.2 Å². The first-order valence-electron chi connectivity index (χ1n) is 9.17. The van der Waals surface area contributed by atoms with E-state index in [1.807, 2.05) is 48.0 Å². The van der Waals surface area contributed by atoms with Gasteiger partial charge in [0.1, 0.15) is 11.6 Å². The van der Waals surface area contributed by atoms with Gasteiger partial charge in [-0.2, -0.15) is 0 Å². The van der Waals surface area contributed by atoms with Crippen LogP contribution < -0.4 is 9.97 Å². The Kier molecular flexibility index (Phi) is 5.43. The Balaban J connectivity index is 0.00000240. The molecular formula is C20H24N8Pt. The van der Waals surface area contributed by atoms with Gasteiger partial charge >= 0.3 is 21.1 Å². The second kappa shape index (κ2) is 7.41. The molecule has 0 spiro atoms. The van der Waals surface area contributed by atoms with Crippen LogP contribution in [0.4, 0.5) is 0 Å². The molecule has 154 valence electrons. The Hall–Kier alpha value is -2.47. The van der Waals surface area contributed by atoms with Gasteiger partial charge < -0.3 is 29.1 Å². The topological polar surface area (TPSA) is 89.6 Å². The maximum Gasteiger partial charge on any atom is 2.00 e. The molecule has 0 bridgehead atoms. The number of hydrogen-bond donors (Lipinski definition) is 0. The second-order valence-electron chi connectivity index (χ2n) is 8.13. The second-order valence-corrected chi connectivity index (χ2v) is 8.13. The predicted molar refractivity (Wildman–Crippen MR) is 106 cm³/mol. The van der Waals surface area contributed by atoms with Gasteiger partial charge in [0.15, 0.2) is 0 Å². The number of aromatic nitrogens is 8. The Morgan fingerprint density at radius 1 is 0.690 bits per heavy atom. The first-order valence-corrected chi connectivity index (χ1v) is 9.17. The van der Waals surface area contributed by atoms with Gasteiger partial charge in [0, 0.05) is 38.9 Å². The van der Waals surface area contributed by atoms with Gasteiger partial charge in [0.25, 0.3) is 0 Å². The molecule has 0 aliphatic carbocycles. The zero-order valence-electron chi connectivity index (χ0n) is 17.4. The summed E-state index contributed by atoms with van der Waals surface area (Å²) in [7, 11) is 3.87. The fraction of sp³-hybridized carbons (Fsp3) is 0.400. The van der Waals surface area contributed by atoms with E-state index in [0.29, 0.717) is 11.6 Å². The molecule has 0 aliphatic rings. The van der Waals surface area contributed by atoms with Crippen LogP contribution in [0.3, 0.4) is 0 Å². The van der Waals surface area contributed by atoms with Crippen molar-refractivity contribution in [2.45, 2.75) is 38.5 Å². The van der Waals surface area contributed by atoms with E-state index in [0.717, 1.165) is 23.0 Å². The van der Waals surface area contributed by atoms with Crippen LogP contribution in [0.5, 0.6) is 0 Å². The summed E-state index contributed by atoms with van der Waals surface area (Å²) in [5, 5.41) is 0. The molecular weight excluding hydrogens is 547 g/mol. The fourth-order valence-electron chi connectivity index (χ4n) is 3.21. The first-order chi connectivity index (χ1) is 13.2. The van der Waals surface area contributed by atoms with Gasteiger partial charge in [-0.25, -0.2) is 9.97 Å². The monoisotopic (exact) mass is 571 g/mol. The molecule has 29 heavy (non-hydrogen) atoms. The van der Waals surface area contributed by atoms with E-state index in [9.17, 15) is 0 Å². The molecule has 4 heterocycles. The molecule has 0 amide bonds. The first kappa shape index (κ1) is 21.2. The van der Waals surface area contributed by atoms with Crippen molar-refractivity contribution in [3.05, 3.63) is 48.6 Å². The van der Waals surface area contributed by atoms with E-state index >= 15 is 0 Å². The quantitative estimate of drug-likeness (QED) is 0.366. The Labute approximate surface area is 184 Å². The molecule has 0 N–H and O–H groups in total. The van der Waals surface area contributed by atoms with Gasteiger partial charge in [0.05, 0.1) is 0 Å². The molecule has 0 saturated heterocycles. The Bertz CT molecular complexity index is 1020. The van der Waals surface area contributed by atoms with Gasteiger partial charge in [-0.15, -0.1) is 0 Å². The van der Waals surface area contributed by atoms with Crippen molar-refractivity contribution in [3.8, 4) is 23.3 Å². The van der Waals surface area contributed by atoms with Crippen LogP contribution in [0.2, 0.25) is 0 Å². The van der Waals surface area contributed by atoms with Crippen LogP contribution in [-0.4, -0.2) is 29.1 Å². The minimum Gasteiger partial charge on any atom is -0.440 e. The molecule has 4 aromatic rings. The predicted octanol–water partition coefficient (Wildman–Crippen LogP) is 2.44. The van der Waals surface area contributed by atoms with Gasteiger partial charge in [-0.05, 0) is 22.5 Å². The number of nitrogens with zero attached hydrogens (tertiary/aromatic N) is 8. The van der Waals surface area contributed by atoms with Crippen molar-refractivity contribution in [1.29, 1.82) is 0 Å². The summed E-state index contributed by atoms with van der Waals surface area (Å²) in [6, 6.07) is 0. The molecule has 0 saturated carbocycles. The molecule has 0 unspecified atom stereocenters. The standard InChI is InChI=1S/C20H24N8.Pt/c1-19(2,13-11-23-15(25-13)17-21-7-9-27(17)5)20(3,4)14-12-24-16(26-14)18-22-8-10-28(18)6;/h7-12H,1-6H3;/q-2;+2. The van der Waals surface area contributed by atoms with Crippen molar-refractivity contribution in [2.24, 2.45) is 14.1 Å². The van der Waals surface area contributed by atoms with Crippen LogP contribution in [-0.2, 0) is 46.0 Å². The SMILES string of the molecule is Cn1ccnc1-c1ncc(C(C)(C)C(C)(C)c2cnc(-c3nccn3C)[n-]2)[n-]1.[Pt+2]. The normalized spacial score (nSPS) is 12.2. The molecule has 0 atom stereocenters. The molecule has 4 rings (SSSR count). The number of rotatable bonds is 5. The van der Waals surface area contributed by atoms with Crippen molar-refractivity contribution in [1.82, 2.24) is 39.0 Å². The maximum atomic E-state index is 4.79. The van der Waals surface area contributed by atoms with Gasteiger partial charge in [-0.3, -0.25) is 0 Å². The van der Waals surface area contributed by atoms with Gasteiger partial charge in [-0.1, -0.05) is 51.5 Å². The summed E-state index contributed by atoms with van der Waals surface area (Å²) in [5.74, 6) is 2.78. The Morgan fingerprint density at radius 3 is 1.38 bits per heavy atom. The van der Waals surface area contributed by atoms with Crippen molar-refractivity contribution in [2.75, 3.05) is 0 Å². The largest absolute Gasteiger partial charge is 2.00 e.